The number of halogens is 6. The zero-order chi connectivity index (χ0) is 27.3. The Bertz CT molecular complexity index is 1190. The summed E-state index contributed by atoms with van der Waals surface area (Å²) in [6.45, 7) is 1.16. The van der Waals surface area contributed by atoms with E-state index >= 15 is 0 Å². The van der Waals surface area contributed by atoms with Gasteiger partial charge in [-0.2, -0.15) is 17.6 Å². The Morgan fingerprint density at radius 3 is 2.27 bits per heavy atom. The van der Waals surface area contributed by atoms with Gasteiger partial charge in [-0.3, -0.25) is 9.78 Å². The summed E-state index contributed by atoms with van der Waals surface area (Å²) in [5.41, 5.74) is 0.897. The molecule has 0 fully saturated rings. The highest BCUT2D eigenvalue weighted by Gasteiger charge is 2.52. The van der Waals surface area contributed by atoms with Crippen molar-refractivity contribution in [3.8, 4) is 16.2 Å². The molecule has 0 radical (unpaired) electrons. The number of carbonyl (C=O) groups is 1. The number of hydrogen-bond donors (Lipinski definition) is 0. The third-order valence-electron chi connectivity index (χ3n) is 4.74. The average molecular weight is 552 g/mol. The maximum absolute atomic E-state index is 13.9. The highest BCUT2D eigenvalue weighted by molar-refractivity contribution is 7.22. The summed E-state index contributed by atoms with van der Waals surface area (Å²) in [5.74, 6) is -1.26. The summed E-state index contributed by atoms with van der Waals surface area (Å²) in [6, 6.07) is 10.4. The molecule has 0 amide bonds. The number of carbonyl (C=O) groups excluding carboxylic acids is 1. The minimum atomic E-state index is -5.33. The zero-order valence-corrected chi connectivity index (χ0v) is 20.5. The number of hydrogen-bond acceptors (Lipinski definition) is 7. The second-order valence-corrected chi connectivity index (χ2v) is 9.25. The molecule has 2 aromatic heterocycles. The van der Waals surface area contributed by atoms with Crippen molar-refractivity contribution in [2.24, 2.45) is 5.92 Å². The Hall–Kier alpha value is -2.90. The van der Waals surface area contributed by atoms with Crippen molar-refractivity contribution in [1.82, 2.24) is 4.98 Å². The molecule has 0 aliphatic heterocycles. The van der Waals surface area contributed by atoms with Crippen LogP contribution in [0.2, 0.25) is 0 Å². The molecule has 0 N–H and O–H groups in total. The van der Waals surface area contributed by atoms with Crippen LogP contribution in [-0.2, 0) is 19.0 Å². The van der Waals surface area contributed by atoms with Crippen molar-refractivity contribution in [2.45, 2.75) is 45.2 Å². The van der Waals surface area contributed by atoms with Gasteiger partial charge in [-0.15, -0.1) is 20.1 Å². The molecule has 0 bridgehead atoms. The average Bonchev–Trinajstić information content (AvgIpc) is 3.21. The maximum atomic E-state index is 13.9. The highest BCUT2D eigenvalue weighted by Crippen LogP contribution is 2.37. The van der Waals surface area contributed by atoms with E-state index in [2.05, 4.69) is 19.2 Å². The van der Waals surface area contributed by atoms with Crippen molar-refractivity contribution in [2.75, 3.05) is 13.2 Å². The standard InChI is InChI=1S/C24H23F6NO5S/c1-15(2)21(32)34-11-8-23(27,28)36-24(29,30)35-22(25,26)7-10-33-18-6-5-16-12-19(37-20(16)13-18)17-4-3-9-31-14-17/h3-6,9,12-15H,7-8,10-11H2,1-2H3. The molecule has 13 heteroatoms. The van der Waals surface area contributed by atoms with E-state index in [9.17, 15) is 31.1 Å². The van der Waals surface area contributed by atoms with Gasteiger partial charge in [0, 0.05) is 27.5 Å². The molecule has 0 saturated heterocycles. The summed E-state index contributed by atoms with van der Waals surface area (Å²) in [5, 5.41) is 0.876. The first kappa shape index (κ1) is 28.7. The van der Waals surface area contributed by atoms with Crippen molar-refractivity contribution in [3.63, 3.8) is 0 Å². The number of aromatic nitrogens is 1. The lowest BCUT2D eigenvalue weighted by atomic mass is 10.2. The fourth-order valence-corrected chi connectivity index (χ4v) is 4.03. The Morgan fingerprint density at radius 2 is 1.65 bits per heavy atom. The molecule has 37 heavy (non-hydrogen) atoms. The minimum Gasteiger partial charge on any atom is -0.493 e. The van der Waals surface area contributed by atoms with Gasteiger partial charge in [0.1, 0.15) is 5.75 Å². The van der Waals surface area contributed by atoms with E-state index in [1.165, 1.54) is 31.3 Å². The second-order valence-electron chi connectivity index (χ2n) is 8.16. The van der Waals surface area contributed by atoms with E-state index < -0.39 is 56.5 Å². The summed E-state index contributed by atoms with van der Waals surface area (Å²) >= 11 is 1.42. The smallest absolute Gasteiger partial charge is 0.493 e. The van der Waals surface area contributed by atoms with E-state index in [4.69, 9.17) is 4.74 Å². The molecule has 0 atom stereocenters. The molecule has 3 aromatic rings. The van der Waals surface area contributed by atoms with Gasteiger partial charge >= 0.3 is 24.5 Å². The lowest BCUT2D eigenvalue weighted by Gasteiger charge is -2.26. The van der Waals surface area contributed by atoms with Crippen LogP contribution >= 0.6 is 11.3 Å². The van der Waals surface area contributed by atoms with Crippen molar-refractivity contribution < 1.29 is 50.1 Å². The fourth-order valence-electron chi connectivity index (χ4n) is 2.95. The number of benzene rings is 1. The molecule has 6 nitrogen and oxygen atoms in total. The van der Waals surface area contributed by atoms with Gasteiger partial charge in [-0.05, 0) is 35.7 Å². The molecular formula is C24H23F6NO5S. The van der Waals surface area contributed by atoms with Crippen LogP contribution in [0.25, 0.3) is 20.5 Å². The van der Waals surface area contributed by atoms with Gasteiger partial charge in [-0.1, -0.05) is 19.9 Å². The van der Waals surface area contributed by atoms with Gasteiger partial charge in [0.15, 0.2) is 0 Å². The lowest BCUT2D eigenvalue weighted by Crippen LogP contribution is -2.41. The van der Waals surface area contributed by atoms with E-state index in [0.717, 1.165) is 20.5 Å². The van der Waals surface area contributed by atoms with Gasteiger partial charge in [0.25, 0.3) is 0 Å². The molecule has 0 aliphatic rings. The van der Waals surface area contributed by atoms with Gasteiger partial charge in [0.05, 0.1) is 32.0 Å². The number of nitrogens with zero attached hydrogens (tertiary/aromatic N) is 1. The summed E-state index contributed by atoms with van der Waals surface area (Å²) in [6.07, 6.45) is -14.0. The summed E-state index contributed by atoms with van der Waals surface area (Å²) in [7, 11) is 0. The molecule has 0 spiro atoms. The monoisotopic (exact) mass is 551 g/mol. The number of thiophene rings is 1. The van der Waals surface area contributed by atoms with E-state index in [1.807, 2.05) is 12.1 Å². The number of esters is 1. The van der Waals surface area contributed by atoms with E-state index in [1.54, 1.807) is 30.6 Å². The second kappa shape index (κ2) is 11.7. The predicted molar refractivity (Wildman–Crippen MR) is 123 cm³/mol. The van der Waals surface area contributed by atoms with Crippen LogP contribution in [-0.4, -0.2) is 42.7 Å². The van der Waals surface area contributed by atoms with Crippen LogP contribution in [0.5, 0.6) is 5.75 Å². The predicted octanol–water partition coefficient (Wildman–Crippen LogP) is 7.09. The van der Waals surface area contributed by atoms with Gasteiger partial charge < -0.3 is 9.47 Å². The maximum Gasteiger partial charge on any atom is 0.494 e. The van der Waals surface area contributed by atoms with Crippen LogP contribution < -0.4 is 4.74 Å². The van der Waals surface area contributed by atoms with Crippen LogP contribution in [0.3, 0.4) is 0 Å². The Kier molecular flexibility index (Phi) is 9.03. The van der Waals surface area contributed by atoms with Crippen LogP contribution in [0.1, 0.15) is 26.7 Å². The number of pyridine rings is 1. The SMILES string of the molecule is CC(C)C(=O)OCCC(F)(F)OC(F)(F)OC(F)(F)CCOc1ccc2cc(-c3cccnc3)sc2c1. The Labute approximate surface area is 212 Å². The molecular weight excluding hydrogens is 528 g/mol. The Morgan fingerprint density at radius 1 is 0.973 bits per heavy atom. The highest BCUT2D eigenvalue weighted by atomic mass is 32.1. The lowest BCUT2D eigenvalue weighted by molar-refractivity contribution is -0.514. The van der Waals surface area contributed by atoms with Gasteiger partial charge in [-0.25, -0.2) is 9.47 Å². The zero-order valence-electron chi connectivity index (χ0n) is 19.7. The summed E-state index contributed by atoms with van der Waals surface area (Å²) < 4.78 is 99.2. The Balaban J connectivity index is 1.50. The van der Waals surface area contributed by atoms with Crippen molar-refractivity contribution >= 4 is 27.4 Å². The molecule has 1 aromatic carbocycles. The molecule has 0 saturated carbocycles. The largest absolute Gasteiger partial charge is 0.494 e. The normalized spacial score (nSPS) is 12.8. The van der Waals surface area contributed by atoms with Crippen LogP contribution in [0.4, 0.5) is 26.3 Å². The number of rotatable bonds is 13. The molecule has 202 valence electrons. The first-order chi connectivity index (χ1) is 17.3. The van der Waals surface area contributed by atoms with E-state index in [-0.39, 0.29) is 5.75 Å². The van der Waals surface area contributed by atoms with Crippen molar-refractivity contribution in [3.05, 3.63) is 48.8 Å². The molecule has 0 unspecified atom stereocenters. The minimum absolute atomic E-state index is 0.202. The molecule has 2 heterocycles. The van der Waals surface area contributed by atoms with Crippen LogP contribution in [0, 0.1) is 5.92 Å². The molecule has 0 aliphatic carbocycles. The number of ether oxygens (including phenoxy) is 4. The fraction of sp³-hybridized carbons (Fsp3) is 0.417. The quantitative estimate of drug-likeness (QED) is 0.128. The third-order valence-corrected chi connectivity index (χ3v) is 5.89. The first-order valence-electron chi connectivity index (χ1n) is 11.0. The number of alkyl halides is 6. The first-order valence-corrected chi connectivity index (χ1v) is 11.8. The van der Waals surface area contributed by atoms with Crippen LogP contribution in [0.15, 0.2) is 48.8 Å². The number of fused-ring (bicyclic) bond motifs is 1. The van der Waals surface area contributed by atoms with Gasteiger partial charge in [0.2, 0.25) is 0 Å². The topological polar surface area (TPSA) is 66.9 Å². The van der Waals surface area contributed by atoms with Crippen molar-refractivity contribution in [1.29, 1.82) is 0 Å². The van der Waals surface area contributed by atoms with E-state index in [0.29, 0.717) is 0 Å². The molecule has 3 rings (SSSR count). The third kappa shape index (κ3) is 8.86. The summed E-state index contributed by atoms with van der Waals surface area (Å²) in [4.78, 5) is 16.2.